The van der Waals surface area contributed by atoms with Crippen LogP contribution in [0.5, 0.6) is 0 Å². The van der Waals surface area contributed by atoms with E-state index in [1.807, 2.05) is 38.1 Å². The number of hydrogen-bond donors (Lipinski definition) is 1. The maximum atomic E-state index is 10.9. The van der Waals surface area contributed by atoms with Gasteiger partial charge in [-0.15, -0.1) is 0 Å². The molecule has 0 atom stereocenters. The minimum atomic E-state index is -0.785. The van der Waals surface area contributed by atoms with Crippen molar-refractivity contribution in [2.24, 2.45) is 0 Å². The normalized spacial score (nSPS) is 11.3. The third-order valence-electron chi connectivity index (χ3n) is 2.85. The van der Waals surface area contributed by atoms with Gasteiger partial charge in [-0.1, -0.05) is 28.1 Å². The quantitative estimate of drug-likeness (QED) is 0.833. The van der Waals surface area contributed by atoms with E-state index in [9.17, 15) is 4.79 Å². The molecule has 0 fully saturated rings. The standard InChI is InChI=1S/C14H21BrN2O2/c1-11-8-12(4-5-13(11)15)9-17(10-14(18)19)7-6-16(2)3/h4-5,8H,6-7,9-10H2,1-3H3,(H,18,19). The number of halogens is 1. The van der Waals surface area contributed by atoms with Crippen LogP contribution in [0.25, 0.3) is 0 Å². The molecule has 0 amide bonds. The van der Waals surface area contributed by atoms with Gasteiger partial charge in [-0.05, 0) is 38.2 Å². The molecular formula is C14H21BrN2O2. The first-order chi connectivity index (χ1) is 8.88. The average molecular weight is 329 g/mol. The van der Waals surface area contributed by atoms with E-state index in [1.165, 1.54) is 5.56 Å². The Morgan fingerprint density at radius 2 is 2.00 bits per heavy atom. The summed E-state index contributed by atoms with van der Waals surface area (Å²) >= 11 is 3.47. The highest BCUT2D eigenvalue weighted by Gasteiger charge is 2.11. The van der Waals surface area contributed by atoms with Crippen LogP contribution in [-0.4, -0.2) is 54.6 Å². The lowest BCUT2D eigenvalue weighted by atomic mass is 10.1. The monoisotopic (exact) mass is 328 g/mol. The molecule has 0 saturated carbocycles. The predicted molar refractivity (Wildman–Crippen MR) is 80.3 cm³/mol. The molecule has 1 aromatic rings. The van der Waals surface area contributed by atoms with Gasteiger partial charge in [0.2, 0.25) is 0 Å². The second-order valence-electron chi connectivity index (χ2n) is 4.99. The van der Waals surface area contributed by atoms with Gasteiger partial charge in [0, 0.05) is 24.1 Å². The first-order valence-corrected chi connectivity index (χ1v) is 7.01. The third kappa shape index (κ3) is 6.18. The number of benzene rings is 1. The molecule has 0 heterocycles. The number of rotatable bonds is 7. The summed E-state index contributed by atoms with van der Waals surface area (Å²) in [5.41, 5.74) is 2.31. The Kier molecular flexibility index (Phi) is 6.48. The van der Waals surface area contributed by atoms with E-state index < -0.39 is 5.97 Å². The molecule has 0 spiro atoms. The van der Waals surface area contributed by atoms with Crippen molar-refractivity contribution in [2.75, 3.05) is 33.7 Å². The van der Waals surface area contributed by atoms with Crippen molar-refractivity contribution in [3.05, 3.63) is 33.8 Å². The maximum Gasteiger partial charge on any atom is 0.317 e. The van der Waals surface area contributed by atoms with Gasteiger partial charge in [0.25, 0.3) is 0 Å². The van der Waals surface area contributed by atoms with E-state index in [0.717, 1.165) is 23.1 Å². The van der Waals surface area contributed by atoms with Gasteiger partial charge in [-0.25, -0.2) is 0 Å². The lowest BCUT2D eigenvalue weighted by Crippen LogP contribution is -2.35. The van der Waals surface area contributed by atoms with Crippen molar-refractivity contribution in [3.8, 4) is 0 Å². The minimum absolute atomic E-state index is 0.0724. The van der Waals surface area contributed by atoms with Crippen molar-refractivity contribution in [2.45, 2.75) is 13.5 Å². The number of carboxylic acids is 1. The van der Waals surface area contributed by atoms with Crippen molar-refractivity contribution < 1.29 is 9.90 Å². The number of nitrogens with zero attached hydrogens (tertiary/aromatic N) is 2. The first kappa shape index (κ1) is 16.1. The molecule has 19 heavy (non-hydrogen) atoms. The minimum Gasteiger partial charge on any atom is -0.480 e. The van der Waals surface area contributed by atoms with Crippen molar-refractivity contribution >= 4 is 21.9 Å². The van der Waals surface area contributed by atoms with Crippen LogP contribution in [-0.2, 0) is 11.3 Å². The molecule has 1 rings (SSSR count). The molecule has 0 bridgehead atoms. The highest BCUT2D eigenvalue weighted by molar-refractivity contribution is 9.10. The largest absolute Gasteiger partial charge is 0.480 e. The van der Waals surface area contributed by atoms with Crippen LogP contribution in [0.3, 0.4) is 0 Å². The summed E-state index contributed by atoms with van der Waals surface area (Å²) in [4.78, 5) is 14.9. The molecule has 0 aliphatic carbocycles. The molecule has 1 aromatic carbocycles. The molecule has 1 N–H and O–H groups in total. The van der Waals surface area contributed by atoms with Crippen LogP contribution in [0.2, 0.25) is 0 Å². The summed E-state index contributed by atoms with van der Waals surface area (Å²) in [6.45, 7) is 4.36. The van der Waals surface area contributed by atoms with E-state index in [0.29, 0.717) is 6.54 Å². The Balaban J connectivity index is 2.69. The van der Waals surface area contributed by atoms with E-state index in [-0.39, 0.29) is 6.54 Å². The molecule has 0 aromatic heterocycles. The van der Waals surface area contributed by atoms with Gasteiger partial charge in [-0.2, -0.15) is 0 Å². The van der Waals surface area contributed by atoms with Gasteiger partial charge in [0.1, 0.15) is 0 Å². The van der Waals surface area contributed by atoms with Gasteiger partial charge in [0.05, 0.1) is 6.54 Å². The first-order valence-electron chi connectivity index (χ1n) is 6.22. The van der Waals surface area contributed by atoms with Crippen LogP contribution in [0.15, 0.2) is 22.7 Å². The zero-order chi connectivity index (χ0) is 14.4. The number of carbonyl (C=O) groups is 1. The zero-order valence-corrected chi connectivity index (χ0v) is 13.3. The lowest BCUT2D eigenvalue weighted by Gasteiger charge is -2.22. The summed E-state index contributed by atoms with van der Waals surface area (Å²) in [6, 6.07) is 6.13. The lowest BCUT2D eigenvalue weighted by molar-refractivity contribution is -0.138. The topological polar surface area (TPSA) is 43.8 Å². The Bertz CT molecular complexity index is 435. The molecule has 0 aliphatic heterocycles. The van der Waals surface area contributed by atoms with E-state index in [2.05, 4.69) is 26.9 Å². The second-order valence-corrected chi connectivity index (χ2v) is 5.85. The highest BCUT2D eigenvalue weighted by atomic mass is 79.9. The summed E-state index contributed by atoms with van der Waals surface area (Å²) < 4.78 is 1.08. The maximum absolute atomic E-state index is 10.9. The Hall–Kier alpha value is -0.910. The highest BCUT2D eigenvalue weighted by Crippen LogP contribution is 2.18. The van der Waals surface area contributed by atoms with Crippen LogP contribution < -0.4 is 0 Å². The molecule has 0 aliphatic rings. The molecular weight excluding hydrogens is 308 g/mol. The molecule has 0 unspecified atom stereocenters. The van der Waals surface area contributed by atoms with Crippen molar-refractivity contribution in [1.82, 2.24) is 9.80 Å². The van der Waals surface area contributed by atoms with Gasteiger partial charge in [0.15, 0.2) is 0 Å². The Labute approximate surface area is 123 Å². The molecule has 5 heteroatoms. The van der Waals surface area contributed by atoms with Crippen LogP contribution in [0, 0.1) is 6.92 Å². The molecule has 4 nitrogen and oxygen atoms in total. The van der Waals surface area contributed by atoms with Gasteiger partial charge in [-0.3, -0.25) is 9.69 Å². The van der Waals surface area contributed by atoms with Gasteiger partial charge >= 0.3 is 5.97 Å². The van der Waals surface area contributed by atoms with Crippen molar-refractivity contribution in [3.63, 3.8) is 0 Å². The van der Waals surface area contributed by atoms with E-state index in [1.54, 1.807) is 0 Å². The number of carboxylic acid groups (broad SMARTS) is 1. The molecule has 0 radical (unpaired) electrons. The SMILES string of the molecule is Cc1cc(CN(CCN(C)C)CC(=O)O)ccc1Br. The smallest absolute Gasteiger partial charge is 0.317 e. The number of aryl methyl sites for hydroxylation is 1. The number of aliphatic carboxylic acids is 1. The predicted octanol–water partition coefficient (Wildman–Crippen LogP) is 2.21. The molecule has 0 saturated heterocycles. The fraction of sp³-hybridized carbons (Fsp3) is 0.500. The van der Waals surface area contributed by atoms with Crippen LogP contribution in [0.4, 0.5) is 0 Å². The second kappa shape index (κ2) is 7.62. The van der Waals surface area contributed by atoms with Crippen LogP contribution in [0.1, 0.15) is 11.1 Å². The van der Waals surface area contributed by atoms with Crippen molar-refractivity contribution in [1.29, 1.82) is 0 Å². The van der Waals surface area contributed by atoms with Gasteiger partial charge < -0.3 is 10.0 Å². The van der Waals surface area contributed by atoms with E-state index in [4.69, 9.17) is 5.11 Å². The zero-order valence-electron chi connectivity index (χ0n) is 11.7. The number of likely N-dealkylation sites (N-methyl/N-ethyl adjacent to an activating group) is 1. The fourth-order valence-corrected chi connectivity index (χ4v) is 2.06. The third-order valence-corrected chi connectivity index (χ3v) is 3.74. The Morgan fingerprint density at radius 1 is 1.32 bits per heavy atom. The van der Waals surface area contributed by atoms with Crippen LogP contribution >= 0.6 is 15.9 Å². The number of hydrogen-bond acceptors (Lipinski definition) is 3. The summed E-state index contributed by atoms with van der Waals surface area (Å²) in [5.74, 6) is -0.785. The van der Waals surface area contributed by atoms with E-state index >= 15 is 0 Å². The summed E-state index contributed by atoms with van der Waals surface area (Å²) in [6.07, 6.45) is 0. The Morgan fingerprint density at radius 3 is 2.53 bits per heavy atom. The average Bonchev–Trinajstić information content (AvgIpc) is 2.30. The molecule has 106 valence electrons. The summed E-state index contributed by atoms with van der Waals surface area (Å²) in [7, 11) is 3.98. The fourth-order valence-electron chi connectivity index (χ4n) is 1.81. The summed E-state index contributed by atoms with van der Waals surface area (Å²) in [5, 5.41) is 8.96.